The highest BCUT2D eigenvalue weighted by Gasteiger charge is 2.28. The molecule has 1 nitrogen and oxygen atoms in total. The summed E-state index contributed by atoms with van der Waals surface area (Å²) in [5.74, 6) is 0. The Balaban J connectivity index is 0.000000291. The quantitative estimate of drug-likeness (QED) is 0.493. The standard InChI is InChI=1S/C5H9FO.C2H6/c1-5(6)2-3-7-4-5;1-2/h2-4H2,1H3;1-2H3/t5-;/m1./s1. The Hall–Kier alpha value is -0.110. The van der Waals surface area contributed by atoms with Gasteiger partial charge in [-0.15, -0.1) is 0 Å². The van der Waals surface area contributed by atoms with Crippen LogP contribution in [0.1, 0.15) is 27.2 Å². The third kappa shape index (κ3) is 3.46. The zero-order chi connectivity index (χ0) is 7.33. The molecule has 0 aliphatic carbocycles. The summed E-state index contributed by atoms with van der Waals surface area (Å²) in [4.78, 5) is 0. The van der Waals surface area contributed by atoms with Crippen LogP contribution < -0.4 is 0 Å². The Morgan fingerprint density at radius 2 is 2.00 bits per heavy atom. The highest BCUT2D eigenvalue weighted by molar-refractivity contribution is 4.76. The molecular formula is C7H15FO. The highest BCUT2D eigenvalue weighted by atomic mass is 19.1. The van der Waals surface area contributed by atoms with Gasteiger partial charge in [-0.2, -0.15) is 0 Å². The average Bonchev–Trinajstić information content (AvgIpc) is 2.19. The number of halogens is 1. The molecule has 1 saturated heterocycles. The third-order valence-corrected chi connectivity index (χ3v) is 1.17. The normalized spacial score (nSPS) is 33.3. The van der Waals surface area contributed by atoms with Gasteiger partial charge in [0.05, 0.1) is 6.61 Å². The number of rotatable bonds is 0. The molecule has 0 amide bonds. The monoisotopic (exact) mass is 134 g/mol. The largest absolute Gasteiger partial charge is 0.378 e. The number of hydrogen-bond donors (Lipinski definition) is 0. The van der Waals surface area contributed by atoms with E-state index in [0.29, 0.717) is 13.0 Å². The van der Waals surface area contributed by atoms with E-state index < -0.39 is 5.67 Å². The van der Waals surface area contributed by atoms with Gasteiger partial charge in [-0.3, -0.25) is 0 Å². The molecule has 1 aliphatic rings. The predicted molar refractivity (Wildman–Crippen MR) is 36.3 cm³/mol. The van der Waals surface area contributed by atoms with E-state index in [2.05, 4.69) is 0 Å². The molecule has 1 fully saturated rings. The zero-order valence-corrected chi connectivity index (χ0v) is 6.41. The Morgan fingerprint density at radius 1 is 1.44 bits per heavy atom. The van der Waals surface area contributed by atoms with Crippen LogP contribution in [0.2, 0.25) is 0 Å². The molecule has 0 bridgehead atoms. The fourth-order valence-electron chi connectivity index (χ4n) is 0.642. The van der Waals surface area contributed by atoms with E-state index in [0.717, 1.165) is 0 Å². The van der Waals surface area contributed by atoms with E-state index in [-0.39, 0.29) is 6.61 Å². The predicted octanol–water partition coefficient (Wildman–Crippen LogP) is 2.16. The van der Waals surface area contributed by atoms with Crippen molar-refractivity contribution in [1.82, 2.24) is 0 Å². The van der Waals surface area contributed by atoms with E-state index in [1.54, 1.807) is 6.92 Å². The van der Waals surface area contributed by atoms with Gasteiger partial charge in [0, 0.05) is 13.0 Å². The van der Waals surface area contributed by atoms with Crippen LogP contribution in [0.4, 0.5) is 4.39 Å². The minimum Gasteiger partial charge on any atom is -0.378 e. The molecule has 9 heavy (non-hydrogen) atoms. The van der Waals surface area contributed by atoms with Crippen molar-refractivity contribution in [1.29, 1.82) is 0 Å². The summed E-state index contributed by atoms with van der Waals surface area (Å²) < 4.78 is 17.3. The molecule has 1 heterocycles. The molecule has 0 radical (unpaired) electrons. The van der Waals surface area contributed by atoms with E-state index >= 15 is 0 Å². The lowest BCUT2D eigenvalue weighted by atomic mass is 10.1. The first-order valence-electron chi connectivity index (χ1n) is 3.47. The van der Waals surface area contributed by atoms with Crippen molar-refractivity contribution < 1.29 is 9.13 Å². The van der Waals surface area contributed by atoms with Crippen molar-refractivity contribution in [2.24, 2.45) is 0 Å². The lowest BCUT2D eigenvalue weighted by Crippen LogP contribution is -2.15. The van der Waals surface area contributed by atoms with Gasteiger partial charge in [-0.05, 0) is 6.92 Å². The van der Waals surface area contributed by atoms with Crippen LogP contribution in [-0.4, -0.2) is 18.9 Å². The lowest BCUT2D eigenvalue weighted by Gasteiger charge is -2.06. The first kappa shape index (κ1) is 8.89. The summed E-state index contributed by atoms with van der Waals surface area (Å²) in [6, 6.07) is 0. The fraction of sp³-hybridized carbons (Fsp3) is 1.00. The second-order valence-electron chi connectivity index (χ2n) is 2.22. The average molecular weight is 134 g/mol. The van der Waals surface area contributed by atoms with Gasteiger partial charge in [0.1, 0.15) is 5.67 Å². The van der Waals surface area contributed by atoms with E-state index in [1.165, 1.54) is 0 Å². The molecule has 0 spiro atoms. The summed E-state index contributed by atoms with van der Waals surface area (Å²) in [6.45, 7) is 6.44. The molecule has 0 aromatic rings. The van der Waals surface area contributed by atoms with Crippen LogP contribution in [0.15, 0.2) is 0 Å². The molecule has 0 aromatic heterocycles. The van der Waals surface area contributed by atoms with Crippen LogP contribution in [0, 0.1) is 0 Å². The Kier molecular flexibility index (Phi) is 3.78. The van der Waals surface area contributed by atoms with Gasteiger partial charge < -0.3 is 4.74 Å². The van der Waals surface area contributed by atoms with Gasteiger partial charge in [0.25, 0.3) is 0 Å². The van der Waals surface area contributed by atoms with Crippen LogP contribution in [-0.2, 0) is 4.74 Å². The van der Waals surface area contributed by atoms with Crippen LogP contribution in [0.25, 0.3) is 0 Å². The smallest absolute Gasteiger partial charge is 0.133 e. The Labute approximate surface area is 56.2 Å². The molecule has 0 saturated carbocycles. The van der Waals surface area contributed by atoms with Crippen molar-refractivity contribution >= 4 is 0 Å². The maximum atomic E-state index is 12.5. The van der Waals surface area contributed by atoms with Crippen LogP contribution >= 0.6 is 0 Å². The second-order valence-corrected chi connectivity index (χ2v) is 2.22. The van der Waals surface area contributed by atoms with E-state index in [1.807, 2.05) is 13.8 Å². The topological polar surface area (TPSA) is 9.23 Å². The minimum absolute atomic E-state index is 0.285. The summed E-state index contributed by atoms with van der Waals surface area (Å²) in [7, 11) is 0. The van der Waals surface area contributed by atoms with Gasteiger partial charge in [0.15, 0.2) is 0 Å². The Morgan fingerprint density at radius 3 is 2.11 bits per heavy atom. The van der Waals surface area contributed by atoms with Crippen molar-refractivity contribution in [2.75, 3.05) is 13.2 Å². The molecule has 2 heteroatoms. The van der Waals surface area contributed by atoms with Crippen molar-refractivity contribution in [3.63, 3.8) is 0 Å². The molecule has 1 rings (SSSR count). The molecular weight excluding hydrogens is 119 g/mol. The molecule has 1 aliphatic heterocycles. The van der Waals surface area contributed by atoms with E-state index in [9.17, 15) is 4.39 Å². The highest BCUT2D eigenvalue weighted by Crippen LogP contribution is 2.21. The fourth-order valence-corrected chi connectivity index (χ4v) is 0.642. The maximum Gasteiger partial charge on any atom is 0.133 e. The second kappa shape index (κ2) is 3.83. The summed E-state index contributed by atoms with van der Waals surface area (Å²) in [5.41, 5.74) is -1.03. The zero-order valence-electron chi connectivity index (χ0n) is 6.41. The van der Waals surface area contributed by atoms with Crippen LogP contribution in [0.3, 0.4) is 0 Å². The van der Waals surface area contributed by atoms with Crippen molar-refractivity contribution in [3.8, 4) is 0 Å². The maximum absolute atomic E-state index is 12.5. The number of ether oxygens (including phenoxy) is 1. The lowest BCUT2D eigenvalue weighted by molar-refractivity contribution is 0.126. The molecule has 0 unspecified atom stereocenters. The summed E-state index contributed by atoms with van der Waals surface area (Å²) in [6.07, 6.45) is 0.562. The van der Waals surface area contributed by atoms with Gasteiger partial charge in [-0.1, -0.05) is 13.8 Å². The van der Waals surface area contributed by atoms with Crippen molar-refractivity contribution in [3.05, 3.63) is 0 Å². The van der Waals surface area contributed by atoms with E-state index in [4.69, 9.17) is 4.74 Å². The third-order valence-electron chi connectivity index (χ3n) is 1.17. The molecule has 56 valence electrons. The summed E-state index contributed by atoms with van der Waals surface area (Å²) in [5, 5.41) is 0. The molecule has 1 atom stereocenters. The summed E-state index contributed by atoms with van der Waals surface area (Å²) >= 11 is 0. The van der Waals surface area contributed by atoms with Crippen LogP contribution in [0.5, 0.6) is 0 Å². The molecule has 0 aromatic carbocycles. The minimum atomic E-state index is -1.03. The van der Waals surface area contributed by atoms with Crippen molar-refractivity contribution in [2.45, 2.75) is 32.9 Å². The first-order chi connectivity index (χ1) is 4.21. The number of hydrogen-bond acceptors (Lipinski definition) is 1. The first-order valence-corrected chi connectivity index (χ1v) is 3.47. The van der Waals surface area contributed by atoms with Gasteiger partial charge in [0.2, 0.25) is 0 Å². The van der Waals surface area contributed by atoms with Gasteiger partial charge >= 0.3 is 0 Å². The Bertz CT molecular complexity index is 63.3. The number of alkyl halides is 1. The molecule has 0 N–H and O–H groups in total. The SMILES string of the molecule is CC.C[C@@]1(F)CCOC1. The van der Waals surface area contributed by atoms with Gasteiger partial charge in [-0.25, -0.2) is 4.39 Å².